The minimum atomic E-state index is -0.336. The summed E-state index contributed by atoms with van der Waals surface area (Å²) >= 11 is 0. The van der Waals surface area contributed by atoms with Crippen molar-refractivity contribution in [3.63, 3.8) is 0 Å². The third-order valence-corrected chi connectivity index (χ3v) is 3.40. The molecular formula is C15H13FN4O. The summed E-state index contributed by atoms with van der Waals surface area (Å²) < 4.78 is 19.5. The molecule has 1 aromatic heterocycles. The van der Waals surface area contributed by atoms with Crippen molar-refractivity contribution >= 4 is 5.82 Å². The van der Waals surface area contributed by atoms with Gasteiger partial charge in [-0.1, -0.05) is 18.2 Å². The van der Waals surface area contributed by atoms with Gasteiger partial charge in [0, 0.05) is 12.1 Å². The lowest BCUT2D eigenvalue weighted by atomic mass is 10.1. The monoisotopic (exact) mass is 284 g/mol. The van der Waals surface area contributed by atoms with Crippen LogP contribution in [0.15, 0.2) is 36.7 Å². The van der Waals surface area contributed by atoms with E-state index in [0.29, 0.717) is 31.1 Å². The molecule has 0 bridgehead atoms. The fourth-order valence-corrected chi connectivity index (χ4v) is 2.32. The Morgan fingerprint density at radius 1 is 1.29 bits per heavy atom. The van der Waals surface area contributed by atoms with E-state index in [-0.39, 0.29) is 17.6 Å². The van der Waals surface area contributed by atoms with Crippen LogP contribution in [0.4, 0.5) is 10.2 Å². The van der Waals surface area contributed by atoms with Gasteiger partial charge in [-0.15, -0.1) is 0 Å². The summed E-state index contributed by atoms with van der Waals surface area (Å²) in [6, 6.07) is 8.54. The highest BCUT2D eigenvalue weighted by atomic mass is 19.1. The van der Waals surface area contributed by atoms with Crippen molar-refractivity contribution in [1.82, 2.24) is 9.97 Å². The zero-order valence-corrected chi connectivity index (χ0v) is 11.2. The summed E-state index contributed by atoms with van der Waals surface area (Å²) in [6.45, 7) is 1.65. The first-order chi connectivity index (χ1) is 10.3. The van der Waals surface area contributed by atoms with Crippen molar-refractivity contribution in [2.75, 3.05) is 24.6 Å². The van der Waals surface area contributed by atoms with Crippen LogP contribution in [0.2, 0.25) is 0 Å². The Hall–Kier alpha value is -2.52. The van der Waals surface area contributed by atoms with Gasteiger partial charge in [0.25, 0.3) is 0 Å². The maximum atomic E-state index is 13.8. The smallest absolute Gasteiger partial charge is 0.158 e. The Labute approximate surface area is 121 Å². The van der Waals surface area contributed by atoms with Crippen LogP contribution < -0.4 is 4.90 Å². The average molecular weight is 284 g/mol. The molecule has 106 valence electrons. The third-order valence-electron chi connectivity index (χ3n) is 3.40. The molecule has 1 atom stereocenters. The highest BCUT2D eigenvalue weighted by Crippen LogP contribution is 2.26. The summed E-state index contributed by atoms with van der Waals surface area (Å²) in [7, 11) is 0. The van der Waals surface area contributed by atoms with E-state index >= 15 is 0 Å². The number of benzene rings is 1. The number of hydrogen-bond donors (Lipinski definition) is 0. The third kappa shape index (κ3) is 2.83. The topological polar surface area (TPSA) is 62.0 Å². The molecule has 21 heavy (non-hydrogen) atoms. The van der Waals surface area contributed by atoms with Gasteiger partial charge < -0.3 is 9.64 Å². The summed E-state index contributed by atoms with van der Waals surface area (Å²) in [6.07, 6.45) is 2.66. The van der Waals surface area contributed by atoms with Crippen molar-refractivity contribution < 1.29 is 9.13 Å². The summed E-state index contributed by atoms with van der Waals surface area (Å²) in [5.41, 5.74) is 0.821. The first-order valence-electron chi connectivity index (χ1n) is 6.61. The number of nitriles is 1. The highest BCUT2D eigenvalue weighted by Gasteiger charge is 2.25. The summed E-state index contributed by atoms with van der Waals surface area (Å²) in [5, 5.41) is 8.73. The lowest BCUT2D eigenvalue weighted by Crippen LogP contribution is -2.39. The second kappa shape index (κ2) is 5.85. The molecule has 1 saturated heterocycles. The minimum Gasteiger partial charge on any atom is -0.370 e. The molecule has 0 aliphatic carbocycles. The van der Waals surface area contributed by atoms with E-state index in [1.807, 2.05) is 11.0 Å². The van der Waals surface area contributed by atoms with Gasteiger partial charge in [-0.25, -0.2) is 14.4 Å². The second-order valence-corrected chi connectivity index (χ2v) is 4.70. The summed E-state index contributed by atoms with van der Waals surface area (Å²) in [4.78, 5) is 10.2. The van der Waals surface area contributed by atoms with Gasteiger partial charge in [0.15, 0.2) is 5.69 Å². The number of rotatable bonds is 2. The van der Waals surface area contributed by atoms with Crippen LogP contribution in [0.5, 0.6) is 0 Å². The van der Waals surface area contributed by atoms with Crippen LogP contribution in [0, 0.1) is 17.1 Å². The Kier molecular flexibility index (Phi) is 3.75. The van der Waals surface area contributed by atoms with Crippen LogP contribution in [-0.4, -0.2) is 29.7 Å². The molecule has 0 unspecified atom stereocenters. The Morgan fingerprint density at radius 3 is 2.86 bits per heavy atom. The van der Waals surface area contributed by atoms with Gasteiger partial charge in [0.2, 0.25) is 0 Å². The van der Waals surface area contributed by atoms with Gasteiger partial charge >= 0.3 is 0 Å². The molecule has 3 rings (SSSR count). The normalized spacial score (nSPS) is 18.3. The number of halogens is 1. The van der Waals surface area contributed by atoms with Crippen LogP contribution in [0.25, 0.3) is 0 Å². The molecule has 1 aliphatic heterocycles. The Morgan fingerprint density at radius 2 is 2.14 bits per heavy atom. The predicted molar refractivity (Wildman–Crippen MR) is 74.1 cm³/mol. The zero-order chi connectivity index (χ0) is 14.7. The van der Waals surface area contributed by atoms with Crippen LogP contribution in [-0.2, 0) is 4.74 Å². The van der Waals surface area contributed by atoms with Crippen molar-refractivity contribution in [1.29, 1.82) is 5.26 Å². The minimum absolute atomic E-state index is 0.268. The second-order valence-electron chi connectivity index (χ2n) is 4.70. The predicted octanol–water partition coefficient (Wildman–Crippen LogP) is 2.07. The molecule has 1 fully saturated rings. The lowest BCUT2D eigenvalue weighted by molar-refractivity contribution is 0.0372. The van der Waals surface area contributed by atoms with E-state index in [2.05, 4.69) is 9.97 Å². The maximum absolute atomic E-state index is 13.8. The van der Waals surface area contributed by atoms with E-state index in [1.165, 1.54) is 12.3 Å². The molecule has 0 spiro atoms. The summed E-state index contributed by atoms with van der Waals surface area (Å²) in [5.74, 6) is 0.397. The van der Waals surface area contributed by atoms with E-state index in [4.69, 9.17) is 10.00 Å². The zero-order valence-electron chi connectivity index (χ0n) is 11.2. The number of aromatic nitrogens is 2. The Bertz CT molecular complexity index is 668. The van der Waals surface area contributed by atoms with E-state index in [9.17, 15) is 4.39 Å². The molecule has 2 aromatic rings. The Balaban J connectivity index is 1.79. The van der Waals surface area contributed by atoms with Gasteiger partial charge in [0.05, 0.1) is 25.5 Å². The van der Waals surface area contributed by atoms with Gasteiger partial charge in [0.1, 0.15) is 23.8 Å². The van der Waals surface area contributed by atoms with E-state index in [0.717, 1.165) is 0 Å². The van der Waals surface area contributed by atoms with Crippen molar-refractivity contribution in [3.05, 3.63) is 53.7 Å². The van der Waals surface area contributed by atoms with Crippen molar-refractivity contribution in [2.24, 2.45) is 0 Å². The van der Waals surface area contributed by atoms with Gasteiger partial charge in [-0.2, -0.15) is 5.26 Å². The molecule has 0 N–H and O–H groups in total. The molecular weight excluding hydrogens is 271 g/mol. The molecule has 6 heteroatoms. The first-order valence-corrected chi connectivity index (χ1v) is 6.61. The molecule has 1 aliphatic rings. The molecule has 0 radical (unpaired) electrons. The largest absolute Gasteiger partial charge is 0.370 e. The standard InChI is InChI=1S/C15H13FN4O/c16-13-4-2-1-3-12(13)14-10-20(5-6-21-14)15-9-18-11(7-17)8-19-15/h1-4,8-9,14H,5-6,10H2/t14-/m0/s1. The SMILES string of the molecule is N#Cc1cnc(N2CCO[C@H](c3ccccc3F)C2)cn1. The maximum Gasteiger partial charge on any atom is 0.158 e. The molecule has 2 heterocycles. The molecule has 1 aromatic carbocycles. The van der Waals surface area contributed by atoms with Crippen LogP contribution in [0.3, 0.4) is 0 Å². The van der Waals surface area contributed by atoms with Gasteiger partial charge in [-0.3, -0.25) is 0 Å². The van der Waals surface area contributed by atoms with Gasteiger partial charge in [-0.05, 0) is 6.07 Å². The number of nitrogens with zero attached hydrogens (tertiary/aromatic N) is 4. The quantitative estimate of drug-likeness (QED) is 0.844. The first kappa shape index (κ1) is 13.5. The fourth-order valence-electron chi connectivity index (χ4n) is 2.32. The number of anilines is 1. The number of morpholine rings is 1. The fraction of sp³-hybridized carbons (Fsp3) is 0.267. The molecule has 0 amide bonds. The van der Waals surface area contributed by atoms with Crippen LogP contribution in [0.1, 0.15) is 17.4 Å². The van der Waals surface area contributed by atoms with E-state index < -0.39 is 0 Å². The molecule has 0 saturated carbocycles. The lowest BCUT2D eigenvalue weighted by Gasteiger charge is -2.33. The number of ether oxygens (including phenoxy) is 1. The van der Waals surface area contributed by atoms with Crippen molar-refractivity contribution in [3.8, 4) is 6.07 Å². The number of hydrogen-bond acceptors (Lipinski definition) is 5. The van der Waals surface area contributed by atoms with Crippen molar-refractivity contribution in [2.45, 2.75) is 6.10 Å². The van der Waals surface area contributed by atoms with Crippen LogP contribution >= 0.6 is 0 Å². The average Bonchev–Trinajstić information content (AvgIpc) is 2.55. The van der Waals surface area contributed by atoms with E-state index in [1.54, 1.807) is 24.4 Å². The highest BCUT2D eigenvalue weighted by molar-refractivity contribution is 5.38. The molecule has 5 nitrogen and oxygen atoms in total.